The van der Waals surface area contributed by atoms with Gasteiger partial charge in [0.05, 0.1) is 0 Å². The number of hydrogen-bond acceptors (Lipinski definition) is 3. The minimum absolute atomic E-state index is 0.0488. The molecule has 1 unspecified atom stereocenters. The molecule has 1 aliphatic heterocycles. The Kier molecular flexibility index (Phi) is 5.96. The molecule has 1 saturated heterocycles. The van der Waals surface area contributed by atoms with Gasteiger partial charge in [-0.05, 0) is 79.6 Å². The predicted octanol–water partition coefficient (Wildman–Crippen LogP) is 4.77. The normalized spacial score (nSPS) is 20.3. The molecule has 3 N–H and O–H groups in total. The van der Waals surface area contributed by atoms with Crippen LogP contribution in [0.2, 0.25) is 0 Å². The minimum atomic E-state index is -0.0488. The van der Waals surface area contributed by atoms with Gasteiger partial charge in [-0.2, -0.15) is 0 Å². The van der Waals surface area contributed by atoms with E-state index in [9.17, 15) is 4.79 Å². The van der Waals surface area contributed by atoms with Crippen LogP contribution in [0.3, 0.4) is 0 Å². The molecule has 0 aromatic heterocycles. The first-order valence-corrected chi connectivity index (χ1v) is 10.7. The van der Waals surface area contributed by atoms with Crippen LogP contribution in [0.1, 0.15) is 60.4 Å². The Balaban J connectivity index is 1.35. The third-order valence-electron chi connectivity index (χ3n) is 6.36. The zero-order chi connectivity index (χ0) is 19.3. The van der Waals surface area contributed by atoms with Crippen LogP contribution in [0.5, 0.6) is 0 Å². The standard InChI is InChI=1S/C24H31N3O/c25-16-18-14-15-27(17-18)23-12-10-22(11-13-23)26-24(28)21-8-6-20(7-9-21)19-4-2-1-3-5-19/h6-13,18-19H,1-5,14-17,25H2,(H,26,28). The molecule has 4 rings (SSSR count). The second-order valence-electron chi connectivity index (χ2n) is 8.29. The highest BCUT2D eigenvalue weighted by Crippen LogP contribution is 2.32. The molecule has 28 heavy (non-hydrogen) atoms. The van der Waals surface area contributed by atoms with Gasteiger partial charge in [0.25, 0.3) is 5.91 Å². The van der Waals surface area contributed by atoms with Crippen LogP contribution in [0.15, 0.2) is 48.5 Å². The van der Waals surface area contributed by atoms with E-state index in [-0.39, 0.29) is 5.91 Å². The van der Waals surface area contributed by atoms with Gasteiger partial charge in [-0.3, -0.25) is 4.79 Å². The van der Waals surface area contributed by atoms with Crippen LogP contribution in [0.25, 0.3) is 0 Å². The van der Waals surface area contributed by atoms with Crippen LogP contribution < -0.4 is 16.0 Å². The summed E-state index contributed by atoms with van der Waals surface area (Å²) in [5.41, 5.74) is 9.91. The molecule has 1 atom stereocenters. The van der Waals surface area contributed by atoms with Crippen LogP contribution in [-0.4, -0.2) is 25.5 Å². The summed E-state index contributed by atoms with van der Waals surface area (Å²) in [6.45, 7) is 2.83. The smallest absolute Gasteiger partial charge is 0.255 e. The van der Waals surface area contributed by atoms with Crippen molar-refractivity contribution in [2.24, 2.45) is 11.7 Å². The SMILES string of the molecule is NCC1CCN(c2ccc(NC(=O)c3ccc(C4CCCCC4)cc3)cc2)C1. The molecule has 148 valence electrons. The topological polar surface area (TPSA) is 58.4 Å². The zero-order valence-corrected chi connectivity index (χ0v) is 16.6. The van der Waals surface area contributed by atoms with Crippen molar-refractivity contribution in [3.63, 3.8) is 0 Å². The van der Waals surface area contributed by atoms with Gasteiger partial charge in [-0.1, -0.05) is 31.4 Å². The fourth-order valence-electron chi connectivity index (χ4n) is 4.56. The molecule has 0 bridgehead atoms. The predicted molar refractivity (Wildman–Crippen MR) is 116 cm³/mol. The molecular formula is C24H31N3O. The maximum atomic E-state index is 12.6. The average molecular weight is 378 g/mol. The van der Waals surface area contributed by atoms with Gasteiger partial charge in [-0.25, -0.2) is 0 Å². The Hall–Kier alpha value is -2.33. The molecule has 1 aliphatic carbocycles. The highest BCUT2D eigenvalue weighted by molar-refractivity contribution is 6.04. The van der Waals surface area contributed by atoms with Crippen molar-refractivity contribution in [2.45, 2.75) is 44.4 Å². The fourth-order valence-corrected chi connectivity index (χ4v) is 4.56. The molecule has 2 fully saturated rings. The molecular weight excluding hydrogens is 346 g/mol. The van der Waals surface area contributed by atoms with Crippen LogP contribution in [-0.2, 0) is 0 Å². The summed E-state index contributed by atoms with van der Waals surface area (Å²) in [4.78, 5) is 15.0. The Morgan fingerprint density at radius 2 is 1.68 bits per heavy atom. The van der Waals surface area contributed by atoms with Crippen molar-refractivity contribution in [2.75, 3.05) is 29.9 Å². The van der Waals surface area contributed by atoms with E-state index in [1.807, 2.05) is 24.3 Å². The maximum absolute atomic E-state index is 12.6. The van der Waals surface area contributed by atoms with Crippen LogP contribution in [0, 0.1) is 5.92 Å². The zero-order valence-electron chi connectivity index (χ0n) is 16.6. The molecule has 0 spiro atoms. The summed E-state index contributed by atoms with van der Waals surface area (Å²) in [6, 6.07) is 16.3. The second kappa shape index (κ2) is 8.78. The van der Waals surface area contributed by atoms with Crippen molar-refractivity contribution in [1.82, 2.24) is 0 Å². The Labute approximate surface area is 168 Å². The Morgan fingerprint density at radius 3 is 2.32 bits per heavy atom. The van der Waals surface area contributed by atoms with E-state index in [2.05, 4.69) is 34.5 Å². The first-order chi connectivity index (χ1) is 13.7. The Bertz CT molecular complexity index is 779. The second-order valence-corrected chi connectivity index (χ2v) is 8.29. The van der Waals surface area contributed by atoms with Gasteiger partial charge in [0, 0.05) is 30.0 Å². The summed E-state index contributed by atoms with van der Waals surface area (Å²) in [5.74, 6) is 1.21. The Morgan fingerprint density at radius 1 is 0.964 bits per heavy atom. The molecule has 1 amide bonds. The number of anilines is 2. The van der Waals surface area contributed by atoms with E-state index in [1.165, 1.54) is 43.4 Å². The van der Waals surface area contributed by atoms with Gasteiger partial charge in [0.1, 0.15) is 0 Å². The first kappa shape index (κ1) is 19.0. The van der Waals surface area contributed by atoms with Crippen molar-refractivity contribution in [3.8, 4) is 0 Å². The molecule has 4 heteroatoms. The average Bonchev–Trinajstić information content (AvgIpc) is 3.24. The lowest BCUT2D eigenvalue weighted by Crippen LogP contribution is -2.22. The molecule has 2 aliphatic rings. The number of amides is 1. The monoisotopic (exact) mass is 377 g/mol. The molecule has 0 radical (unpaired) electrons. The minimum Gasteiger partial charge on any atom is -0.371 e. The number of carbonyl (C=O) groups excluding carboxylic acids is 1. The molecule has 1 saturated carbocycles. The number of nitrogens with zero attached hydrogens (tertiary/aromatic N) is 1. The van der Waals surface area contributed by atoms with Crippen molar-refractivity contribution >= 4 is 17.3 Å². The molecule has 1 heterocycles. The molecule has 2 aromatic rings. The van der Waals surface area contributed by atoms with E-state index >= 15 is 0 Å². The largest absolute Gasteiger partial charge is 0.371 e. The quantitative estimate of drug-likeness (QED) is 0.789. The number of rotatable bonds is 5. The molecule has 4 nitrogen and oxygen atoms in total. The van der Waals surface area contributed by atoms with Crippen molar-refractivity contribution in [3.05, 3.63) is 59.7 Å². The van der Waals surface area contributed by atoms with Gasteiger partial charge in [0.15, 0.2) is 0 Å². The highest BCUT2D eigenvalue weighted by atomic mass is 16.1. The number of benzene rings is 2. The summed E-state index contributed by atoms with van der Waals surface area (Å²) in [7, 11) is 0. The summed E-state index contributed by atoms with van der Waals surface area (Å²) < 4.78 is 0. The lowest BCUT2D eigenvalue weighted by molar-refractivity contribution is 0.102. The van der Waals surface area contributed by atoms with E-state index in [0.717, 1.165) is 31.7 Å². The third-order valence-corrected chi connectivity index (χ3v) is 6.36. The van der Waals surface area contributed by atoms with Gasteiger partial charge >= 0.3 is 0 Å². The number of nitrogens with one attached hydrogen (secondary N) is 1. The third kappa shape index (κ3) is 4.39. The van der Waals surface area contributed by atoms with Gasteiger partial charge in [-0.15, -0.1) is 0 Å². The van der Waals surface area contributed by atoms with Crippen molar-refractivity contribution in [1.29, 1.82) is 0 Å². The first-order valence-electron chi connectivity index (χ1n) is 10.7. The number of nitrogens with two attached hydrogens (primary N) is 1. The van der Waals surface area contributed by atoms with E-state index < -0.39 is 0 Å². The lowest BCUT2D eigenvalue weighted by Gasteiger charge is -2.22. The van der Waals surface area contributed by atoms with Crippen LogP contribution in [0.4, 0.5) is 11.4 Å². The number of hydrogen-bond donors (Lipinski definition) is 2. The van der Waals surface area contributed by atoms with Crippen molar-refractivity contribution < 1.29 is 4.79 Å². The van der Waals surface area contributed by atoms with E-state index in [1.54, 1.807) is 0 Å². The highest BCUT2D eigenvalue weighted by Gasteiger charge is 2.21. The van der Waals surface area contributed by atoms with E-state index in [4.69, 9.17) is 5.73 Å². The lowest BCUT2D eigenvalue weighted by atomic mass is 9.84. The summed E-state index contributed by atoms with van der Waals surface area (Å²) in [6.07, 6.45) is 7.73. The summed E-state index contributed by atoms with van der Waals surface area (Å²) in [5, 5.41) is 3.02. The van der Waals surface area contributed by atoms with Crippen LogP contribution >= 0.6 is 0 Å². The molecule has 2 aromatic carbocycles. The fraction of sp³-hybridized carbons (Fsp3) is 0.458. The number of carbonyl (C=O) groups is 1. The summed E-state index contributed by atoms with van der Waals surface area (Å²) >= 11 is 0. The van der Waals surface area contributed by atoms with Gasteiger partial charge < -0.3 is 16.0 Å². The van der Waals surface area contributed by atoms with Gasteiger partial charge in [0.2, 0.25) is 0 Å². The van der Waals surface area contributed by atoms with E-state index in [0.29, 0.717) is 17.4 Å². The maximum Gasteiger partial charge on any atom is 0.255 e.